The fourth-order valence-electron chi connectivity index (χ4n) is 0.750. The van der Waals surface area contributed by atoms with Gasteiger partial charge in [0.25, 0.3) is 5.91 Å². The van der Waals surface area contributed by atoms with E-state index in [0.29, 0.717) is 0 Å². The predicted molar refractivity (Wildman–Crippen MR) is 52.6 cm³/mol. The van der Waals surface area contributed by atoms with E-state index in [-0.39, 0.29) is 18.5 Å². The molecule has 0 aliphatic heterocycles. The first-order chi connectivity index (χ1) is 6.23. The van der Waals surface area contributed by atoms with Gasteiger partial charge in [-0.25, -0.2) is 0 Å². The fraction of sp³-hybridized carbons (Fsp3) is 0.778. The summed E-state index contributed by atoms with van der Waals surface area (Å²) in [6.07, 6.45) is 0. The van der Waals surface area contributed by atoms with Crippen molar-refractivity contribution in [2.75, 3.05) is 6.54 Å². The van der Waals surface area contributed by atoms with Crippen molar-refractivity contribution in [3.63, 3.8) is 0 Å². The van der Waals surface area contributed by atoms with E-state index in [0.717, 1.165) is 0 Å². The van der Waals surface area contributed by atoms with Gasteiger partial charge in [-0.3, -0.25) is 9.59 Å². The second-order valence-electron chi connectivity index (χ2n) is 3.96. The quantitative estimate of drug-likeness (QED) is 0.569. The van der Waals surface area contributed by atoms with Crippen molar-refractivity contribution >= 4 is 11.8 Å². The number of aliphatic hydroxyl groups is 1. The number of hydrogen-bond donors (Lipinski definition) is 3. The number of nitrogens with one attached hydrogen (secondary N) is 2. The molecule has 3 N–H and O–H groups in total. The van der Waals surface area contributed by atoms with Crippen LogP contribution in [0.1, 0.15) is 27.7 Å². The Hall–Kier alpha value is -1.10. The third kappa shape index (κ3) is 5.53. The molecule has 0 aromatic rings. The van der Waals surface area contributed by atoms with E-state index in [1.54, 1.807) is 0 Å². The topological polar surface area (TPSA) is 78.4 Å². The highest BCUT2D eigenvalue weighted by atomic mass is 16.3. The largest absolute Gasteiger partial charge is 0.381 e. The minimum atomic E-state index is -1.45. The summed E-state index contributed by atoms with van der Waals surface area (Å²) < 4.78 is 0. The van der Waals surface area contributed by atoms with Crippen molar-refractivity contribution in [2.24, 2.45) is 0 Å². The zero-order valence-electron chi connectivity index (χ0n) is 9.05. The summed E-state index contributed by atoms with van der Waals surface area (Å²) in [6.45, 7) is 6.28. The maximum atomic E-state index is 11.1. The van der Waals surface area contributed by atoms with E-state index in [2.05, 4.69) is 10.6 Å². The normalized spacial score (nSPS) is 11.3. The Labute approximate surface area is 83.9 Å². The number of carbonyl (C=O) groups excluding carboxylic acids is 2. The summed E-state index contributed by atoms with van der Waals surface area (Å²) in [5.74, 6) is -0.825. The molecule has 0 saturated carbocycles. The lowest BCUT2D eigenvalue weighted by molar-refractivity contribution is -0.138. The van der Waals surface area contributed by atoms with E-state index in [4.69, 9.17) is 0 Å². The van der Waals surface area contributed by atoms with Crippen LogP contribution >= 0.6 is 0 Å². The molecular weight excluding hydrogens is 184 g/mol. The molecule has 0 fully saturated rings. The molecule has 0 atom stereocenters. The van der Waals surface area contributed by atoms with Crippen LogP contribution in [0, 0.1) is 0 Å². The van der Waals surface area contributed by atoms with Gasteiger partial charge in [0, 0.05) is 6.04 Å². The number of hydrogen-bond acceptors (Lipinski definition) is 3. The average molecular weight is 202 g/mol. The Kier molecular flexibility index (Phi) is 4.56. The smallest absolute Gasteiger partial charge is 0.251 e. The molecule has 5 nitrogen and oxygen atoms in total. The second-order valence-corrected chi connectivity index (χ2v) is 3.96. The minimum Gasteiger partial charge on any atom is -0.381 e. The SMILES string of the molecule is CC(C)NC(=O)CNC(=O)C(C)(C)O. The van der Waals surface area contributed by atoms with Gasteiger partial charge in [0.2, 0.25) is 5.91 Å². The Morgan fingerprint density at radius 1 is 1.36 bits per heavy atom. The minimum absolute atomic E-state index is 0.0431. The number of carbonyl (C=O) groups is 2. The molecule has 0 aliphatic carbocycles. The lowest BCUT2D eigenvalue weighted by Crippen LogP contribution is -2.46. The van der Waals surface area contributed by atoms with Gasteiger partial charge in [0.15, 0.2) is 0 Å². The van der Waals surface area contributed by atoms with Crippen LogP contribution in [-0.4, -0.2) is 35.1 Å². The van der Waals surface area contributed by atoms with Gasteiger partial charge >= 0.3 is 0 Å². The van der Waals surface area contributed by atoms with Gasteiger partial charge in [-0.2, -0.15) is 0 Å². The molecule has 0 aromatic heterocycles. The van der Waals surface area contributed by atoms with E-state index in [9.17, 15) is 14.7 Å². The summed E-state index contributed by atoms with van der Waals surface area (Å²) in [4.78, 5) is 22.2. The highest BCUT2D eigenvalue weighted by Crippen LogP contribution is 1.98. The Bertz CT molecular complexity index is 219. The van der Waals surface area contributed by atoms with Crippen molar-refractivity contribution in [2.45, 2.75) is 39.3 Å². The standard InChI is InChI=1S/C9H18N2O3/c1-6(2)11-7(12)5-10-8(13)9(3,4)14/h6,14H,5H2,1-4H3,(H,10,13)(H,11,12). The van der Waals surface area contributed by atoms with Gasteiger partial charge in [-0.05, 0) is 27.7 Å². The monoisotopic (exact) mass is 202 g/mol. The maximum Gasteiger partial charge on any atom is 0.251 e. The molecule has 0 saturated heterocycles. The lowest BCUT2D eigenvalue weighted by atomic mass is 10.1. The van der Waals surface area contributed by atoms with Crippen molar-refractivity contribution in [1.82, 2.24) is 10.6 Å². The van der Waals surface area contributed by atoms with Gasteiger partial charge in [-0.1, -0.05) is 0 Å². The van der Waals surface area contributed by atoms with Crippen LogP contribution in [0.4, 0.5) is 0 Å². The van der Waals surface area contributed by atoms with Crippen LogP contribution in [0.2, 0.25) is 0 Å². The average Bonchev–Trinajstić information content (AvgIpc) is 1.96. The molecule has 0 aromatic carbocycles. The van der Waals surface area contributed by atoms with E-state index >= 15 is 0 Å². The van der Waals surface area contributed by atoms with E-state index < -0.39 is 11.5 Å². The molecule has 2 amide bonds. The molecule has 0 aliphatic rings. The fourth-order valence-corrected chi connectivity index (χ4v) is 0.750. The van der Waals surface area contributed by atoms with Gasteiger partial charge in [0.1, 0.15) is 5.60 Å². The van der Waals surface area contributed by atoms with Crippen molar-refractivity contribution in [3.8, 4) is 0 Å². The van der Waals surface area contributed by atoms with Crippen LogP contribution in [-0.2, 0) is 9.59 Å². The summed E-state index contributed by atoms with van der Waals surface area (Å²) in [5.41, 5.74) is -1.45. The lowest BCUT2D eigenvalue weighted by Gasteiger charge is -2.16. The Balaban J connectivity index is 3.84. The maximum absolute atomic E-state index is 11.1. The summed E-state index contributed by atoms with van der Waals surface area (Å²) in [7, 11) is 0. The van der Waals surface area contributed by atoms with Gasteiger partial charge in [0.05, 0.1) is 6.54 Å². The third-order valence-corrected chi connectivity index (χ3v) is 1.41. The Morgan fingerprint density at radius 2 is 1.86 bits per heavy atom. The molecule has 0 heterocycles. The van der Waals surface area contributed by atoms with Crippen LogP contribution in [0.3, 0.4) is 0 Å². The second kappa shape index (κ2) is 4.95. The summed E-state index contributed by atoms with van der Waals surface area (Å²) in [6, 6.07) is 0.0431. The predicted octanol–water partition coefficient (Wildman–Crippen LogP) is -0.602. The number of amides is 2. The molecule has 5 heteroatoms. The first-order valence-electron chi connectivity index (χ1n) is 4.53. The first-order valence-corrected chi connectivity index (χ1v) is 4.53. The molecule has 0 bridgehead atoms. The van der Waals surface area contributed by atoms with Crippen molar-refractivity contribution < 1.29 is 14.7 Å². The van der Waals surface area contributed by atoms with Crippen molar-refractivity contribution in [3.05, 3.63) is 0 Å². The molecule has 0 radical (unpaired) electrons. The zero-order valence-corrected chi connectivity index (χ0v) is 9.05. The molecule has 0 spiro atoms. The first kappa shape index (κ1) is 12.9. The third-order valence-electron chi connectivity index (χ3n) is 1.41. The highest BCUT2D eigenvalue weighted by Gasteiger charge is 2.23. The highest BCUT2D eigenvalue weighted by molar-refractivity contribution is 5.88. The summed E-state index contributed by atoms with van der Waals surface area (Å²) >= 11 is 0. The Morgan fingerprint density at radius 3 is 2.21 bits per heavy atom. The molecule has 0 unspecified atom stereocenters. The summed E-state index contributed by atoms with van der Waals surface area (Å²) in [5, 5.41) is 14.2. The van der Waals surface area contributed by atoms with Crippen LogP contribution in [0.5, 0.6) is 0 Å². The van der Waals surface area contributed by atoms with Crippen LogP contribution in [0.15, 0.2) is 0 Å². The molecule has 14 heavy (non-hydrogen) atoms. The number of rotatable bonds is 4. The van der Waals surface area contributed by atoms with Gasteiger partial charge in [-0.15, -0.1) is 0 Å². The molecule has 82 valence electrons. The van der Waals surface area contributed by atoms with E-state index in [1.165, 1.54) is 13.8 Å². The van der Waals surface area contributed by atoms with Crippen LogP contribution < -0.4 is 10.6 Å². The van der Waals surface area contributed by atoms with Crippen LogP contribution in [0.25, 0.3) is 0 Å². The van der Waals surface area contributed by atoms with E-state index in [1.807, 2.05) is 13.8 Å². The molecular formula is C9H18N2O3. The molecule has 0 rings (SSSR count). The van der Waals surface area contributed by atoms with Gasteiger partial charge < -0.3 is 15.7 Å². The zero-order chi connectivity index (χ0) is 11.4. The van der Waals surface area contributed by atoms with Crippen molar-refractivity contribution in [1.29, 1.82) is 0 Å².